The second-order valence-corrected chi connectivity index (χ2v) is 6.51. The highest BCUT2D eigenvalue weighted by Crippen LogP contribution is 2.62. The second-order valence-electron chi connectivity index (χ2n) is 6.51. The van der Waals surface area contributed by atoms with Gasteiger partial charge in [-0.1, -0.05) is 27.7 Å². The Balaban J connectivity index is 2.16. The van der Waals surface area contributed by atoms with Crippen LogP contribution in [-0.2, 0) is 0 Å². The topological polar surface area (TPSA) is 43.7 Å². The van der Waals surface area contributed by atoms with Crippen molar-refractivity contribution in [1.82, 2.24) is 4.90 Å². The molecule has 0 heterocycles. The van der Waals surface area contributed by atoms with Gasteiger partial charge in [-0.15, -0.1) is 0 Å². The van der Waals surface area contributed by atoms with Gasteiger partial charge in [0.25, 0.3) is 0 Å². The third kappa shape index (κ3) is 1.83. The fraction of sp³-hybridized carbons (Fsp3) is 1.00. The summed E-state index contributed by atoms with van der Waals surface area (Å²) in [6.45, 7) is 11.2. The normalized spacial score (nSPS) is 43.6. The molecule has 0 unspecified atom stereocenters. The number of aliphatic hydroxyl groups excluding tert-OH is 1. The lowest BCUT2D eigenvalue weighted by Gasteiger charge is -2.65. The van der Waals surface area contributed by atoms with Crippen LogP contribution < -0.4 is 0 Å². The molecule has 0 radical (unpaired) electrons. The van der Waals surface area contributed by atoms with Crippen LogP contribution in [0, 0.1) is 17.3 Å². The quantitative estimate of drug-likeness (QED) is 0.783. The van der Waals surface area contributed by atoms with E-state index in [0.717, 1.165) is 25.9 Å². The maximum Gasteiger partial charge on any atom is 0.106 e. The van der Waals surface area contributed by atoms with E-state index in [0.29, 0.717) is 12.5 Å². The van der Waals surface area contributed by atoms with Crippen LogP contribution in [0.25, 0.3) is 0 Å². The molecule has 100 valence electrons. The SMILES string of the molecule is CCN(CC)C[C@@]1(O)[C@@H]2C[C@H](C[C@@H]1O)C2(C)C. The third-order valence-electron chi connectivity index (χ3n) is 5.53. The molecular formula is C14H27NO2. The van der Waals surface area contributed by atoms with Gasteiger partial charge in [-0.25, -0.2) is 0 Å². The Morgan fingerprint density at radius 3 is 2.24 bits per heavy atom. The molecule has 0 spiro atoms. The van der Waals surface area contributed by atoms with Gasteiger partial charge in [0, 0.05) is 6.54 Å². The zero-order valence-electron chi connectivity index (χ0n) is 11.6. The summed E-state index contributed by atoms with van der Waals surface area (Å²) < 4.78 is 0. The molecule has 2 bridgehead atoms. The molecule has 3 rings (SSSR count). The van der Waals surface area contributed by atoms with Crippen LogP contribution in [0.1, 0.15) is 40.5 Å². The van der Waals surface area contributed by atoms with E-state index in [4.69, 9.17) is 0 Å². The number of nitrogens with zero attached hydrogens (tertiary/aromatic N) is 1. The van der Waals surface area contributed by atoms with Crippen LogP contribution in [0.4, 0.5) is 0 Å². The molecule has 3 aliphatic rings. The van der Waals surface area contributed by atoms with E-state index in [1.165, 1.54) is 0 Å². The van der Waals surface area contributed by atoms with Crippen molar-refractivity contribution in [2.45, 2.75) is 52.2 Å². The van der Waals surface area contributed by atoms with Gasteiger partial charge in [-0.3, -0.25) is 0 Å². The Bertz CT molecular complexity index is 288. The minimum Gasteiger partial charge on any atom is -0.390 e. The highest BCUT2D eigenvalue weighted by Gasteiger charge is 2.64. The van der Waals surface area contributed by atoms with Gasteiger partial charge >= 0.3 is 0 Å². The van der Waals surface area contributed by atoms with Gasteiger partial charge in [0.05, 0.1) is 6.10 Å². The largest absolute Gasteiger partial charge is 0.390 e. The van der Waals surface area contributed by atoms with E-state index in [9.17, 15) is 10.2 Å². The smallest absolute Gasteiger partial charge is 0.106 e. The fourth-order valence-electron chi connectivity index (χ4n) is 3.99. The first kappa shape index (κ1) is 13.3. The van der Waals surface area contributed by atoms with Crippen LogP contribution in [0.5, 0.6) is 0 Å². The molecule has 3 heteroatoms. The molecule has 0 amide bonds. The molecule has 0 saturated heterocycles. The molecule has 2 N–H and O–H groups in total. The Hall–Kier alpha value is -0.120. The average Bonchev–Trinajstić information content (AvgIpc) is 2.29. The third-order valence-corrected chi connectivity index (χ3v) is 5.53. The molecule has 0 aromatic heterocycles. The zero-order chi connectivity index (χ0) is 12.8. The Morgan fingerprint density at radius 2 is 1.76 bits per heavy atom. The molecule has 4 atom stereocenters. The highest BCUT2D eigenvalue weighted by atomic mass is 16.3. The lowest BCUT2D eigenvalue weighted by Crippen LogP contribution is -2.70. The van der Waals surface area contributed by atoms with Gasteiger partial charge in [-0.05, 0) is 43.2 Å². The van der Waals surface area contributed by atoms with Gasteiger partial charge in [0.2, 0.25) is 0 Å². The summed E-state index contributed by atoms with van der Waals surface area (Å²) in [5.74, 6) is 0.851. The summed E-state index contributed by atoms with van der Waals surface area (Å²) in [6, 6.07) is 0. The van der Waals surface area contributed by atoms with Crippen molar-refractivity contribution in [3.05, 3.63) is 0 Å². The summed E-state index contributed by atoms with van der Waals surface area (Å²) in [6.07, 6.45) is 1.31. The standard InChI is InChI=1S/C14H27NO2/c1-5-15(6-2)9-14(17)11-7-10(8-12(14)16)13(11,3)4/h10-12,16-17H,5-9H2,1-4H3/t10-,11-,12+,14-/m1/s1. The maximum absolute atomic E-state index is 10.9. The first-order chi connectivity index (χ1) is 7.86. The summed E-state index contributed by atoms with van der Waals surface area (Å²) in [5.41, 5.74) is -0.703. The molecule has 0 aromatic rings. The second kappa shape index (κ2) is 4.22. The lowest BCUT2D eigenvalue weighted by atomic mass is 9.43. The summed E-state index contributed by atoms with van der Waals surface area (Å²) in [5, 5.41) is 21.1. The van der Waals surface area contributed by atoms with Crippen molar-refractivity contribution < 1.29 is 10.2 Å². The molecule has 3 saturated carbocycles. The Kier molecular flexibility index (Phi) is 3.30. The van der Waals surface area contributed by atoms with Crippen LogP contribution in [0.2, 0.25) is 0 Å². The summed E-state index contributed by atoms with van der Waals surface area (Å²) in [7, 11) is 0. The van der Waals surface area contributed by atoms with Gasteiger partial charge in [-0.2, -0.15) is 0 Å². The minimum absolute atomic E-state index is 0.196. The van der Waals surface area contributed by atoms with Crippen LogP contribution in [0.3, 0.4) is 0 Å². The van der Waals surface area contributed by atoms with Crippen molar-refractivity contribution in [2.24, 2.45) is 17.3 Å². The van der Waals surface area contributed by atoms with Crippen LogP contribution >= 0.6 is 0 Å². The van der Waals surface area contributed by atoms with E-state index >= 15 is 0 Å². The summed E-state index contributed by atoms with van der Waals surface area (Å²) >= 11 is 0. The van der Waals surface area contributed by atoms with Gasteiger partial charge in [0.15, 0.2) is 0 Å². The number of likely N-dealkylation sites (N-methyl/N-ethyl adjacent to an activating group) is 1. The number of aliphatic hydroxyl groups is 2. The Labute approximate surface area is 105 Å². The minimum atomic E-state index is -0.899. The van der Waals surface area contributed by atoms with Gasteiger partial charge in [0.1, 0.15) is 5.60 Å². The van der Waals surface area contributed by atoms with E-state index < -0.39 is 11.7 Å². The zero-order valence-corrected chi connectivity index (χ0v) is 11.6. The highest BCUT2D eigenvalue weighted by molar-refractivity contribution is 5.14. The molecule has 3 aliphatic carbocycles. The first-order valence-electron chi connectivity index (χ1n) is 6.99. The molecular weight excluding hydrogens is 214 g/mol. The van der Waals surface area contributed by atoms with Crippen molar-refractivity contribution in [1.29, 1.82) is 0 Å². The van der Waals surface area contributed by atoms with Crippen molar-refractivity contribution >= 4 is 0 Å². The van der Waals surface area contributed by atoms with E-state index in [1.807, 2.05) is 0 Å². The average molecular weight is 241 g/mol. The first-order valence-corrected chi connectivity index (χ1v) is 6.99. The van der Waals surface area contributed by atoms with E-state index in [2.05, 4.69) is 32.6 Å². The Morgan fingerprint density at radius 1 is 1.18 bits per heavy atom. The lowest BCUT2D eigenvalue weighted by molar-refractivity contribution is -0.258. The fourth-order valence-corrected chi connectivity index (χ4v) is 3.99. The van der Waals surface area contributed by atoms with E-state index in [-0.39, 0.29) is 11.3 Å². The van der Waals surface area contributed by atoms with E-state index in [1.54, 1.807) is 0 Å². The molecule has 0 aromatic carbocycles. The molecule has 0 aliphatic heterocycles. The number of fused-ring (bicyclic) bond motifs is 2. The monoisotopic (exact) mass is 241 g/mol. The van der Waals surface area contributed by atoms with Crippen molar-refractivity contribution in [2.75, 3.05) is 19.6 Å². The van der Waals surface area contributed by atoms with Crippen molar-refractivity contribution in [3.8, 4) is 0 Å². The summed E-state index contributed by atoms with van der Waals surface area (Å²) in [4.78, 5) is 2.22. The molecule has 3 nitrogen and oxygen atoms in total. The maximum atomic E-state index is 10.9. The van der Waals surface area contributed by atoms with Crippen LogP contribution in [-0.4, -0.2) is 46.5 Å². The number of rotatable bonds is 4. The van der Waals surface area contributed by atoms with Crippen LogP contribution in [0.15, 0.2) is 0 Å². The molecule has 17 heavy (non-hydrogen) atoms. The number of hydrogen-bond acceptors (Lipinski definition) is 3. The predicted octanol–water partition coefficient (Wildman–Crippen LogP) is 1.49. The number of hydrogen-bond donors (Lipinski definition) is 2. The molecule has 3 fully saturated rings. The van der Waals surface area contributed by atoms with Crippen molar-refractivity contribution in [3.63, 3.8) is 0 Å². The van der Waals surface area contributed by atoms with Gasteiger partial charge < -0.3 is 15.1 Å². The predicted molar refractivity (Wildman–Crippen MR) is 68.7 cm³/mol.